The molecule has 242 valence electrons. The van der Waals surface area contributed by atoms with E-state index in [4.69, 9.17) is 57.8 Å². The number of rotatable bonds is 37. The monoisotopic (exact) mass is 585 g/mol. The third kappa shape index (κ3) is 37.5. The number of unbranched alkanes of at least 4 members (excludes halogenated alkanes) is 3. The van der Waals surface area contributed by atoms with Gasteiger partial charge in [-0.1, -0.05) is 26.2 Å². The Bertz CT molecular complexity index is 401. The van der Waals surface area contributed by atoms with Gasteiger partial charge in [0.2, 0.25) is 0 Å². The lowest BCUT2D eigenvalue weighted by Gasteiger charge is -2.09. The highest BCUT2D eigenvalue weighted by Crippen LogP contribution is 1.98. The van der Waals surface area contributed by atoms with E-state index in [1.54, 1.807) is 0 Å². The largest absolute Gasteiger partial charge is 0.379 e. The molecule has 0 heterocycles. The van der Waals surface area contributed by atoms with Crippen LogP contribution in [0.4, 0.5) is 0 Å². The Morgan fingerprint density at radius 2 is 0.500 bits per heavy atom. The molecular formula is C28H59NO11. The minimum Gasteiger partial charge on any atom is -0.379 e. The second-order valence-corrected chi connectivity index (χ2v) is 8.59. The van der Waals surface area contributed by atoms with Gasteiger partial charge in [0.25, 0.3) is 0 Å². The van der Waals surface area contributed by atoms with Crippen LogP contribution in [0.3, 0.4) is 0 Å². The first-order chi connectivity index (χ1) is 19.9. The maximum atomic E-state index is 5.52. The third-order valence-electron chi connectivity index (χ3n) is 5.12. The summed E-state index contributed by atoms with van der Waals surface area (Å²) in [7, 11) is 0. The van der Waals surface area contributed by atoms with Gasteiger partial charge in [-0.25, -0.2) is 0 Å². The van der Waals surface area contributed by atoms with Crippen LogP contribution in [0.25, 0.3) is 0 Å². The Morgan fingerprint density at radius 1 is 0.275 bits per heavy atom. The molecule has 0 aliphatic carbocycles. The molecule has 0 aromatic rings. The van der Waals surface area contributed by atoms with Gasteiger partial charge in [-0.2, -0.15) is 0 Å². The van der Waals surface area contributed by atoms with Crippen LogP contribution in [-0.4, -0.2) is 152 Å². The highest BCUT2D eigenvalue weighted by atomic mass is 16.6. The molecule has 0 aromatic carbocycles. The van der Waals surface area contributed by atoms with Crippen molar-refractivity contribution in [2.24, 2.45) is 5.73 Å². The van der Waals surface area contributed by atoms with E-state index in [-0.39, 0.29) is 0 Å². The molecule has 12 nitrogen and oxygen atoms in total. The normalized spacial score (nSPS) is 11.6. The van der Waals surface area contributed by atoms with E-state index in [1.165, 1.54) is 19.3 Å². The Balaban J connectivity index is 3.01. The fraction of sp³-hybridized carbons (Fsp3) is 1.00. The molecule has 40 heavy (non-hydrogen) atoms. The average molecular weight is 586 g/mol. The smallest absolute Gasteiger partial charge is 0.0701 e. The molecule has 2 N–H and O–H groups in total. The highest BCUT2D eigenvalue weighted by molar-refractivity contribution is 4.41. The van der Waals surface area contributed by atoms with Crippen molar-refractivity contribution in [3.05, 3.63) is 0 Å². The molecule has 0 saturated heterocycles. The molecule has 0 radical (unpaired) electrons. The maximum absolute atomic E-state index is 5.52. The van der Waals surface area contributed by atoms with Gasteiger partial charge in [-0.05, 0) is 6.42 Å². The molecule has 0 atom stereocenters. The summed E-state index contributed by atoms with van der Waals surface area (Å²) >= 11 is 0. The summed E-state index contributed by atoms with van der Waals surface area (Å²) in [5.74, 6) is 0. The molecule has 0 unspecified atom stereocenters. The van der Waals surface area contributed by atoms with E-state index in [0.29, 0.717) is 145 Å². The van der Waals surface area contributed by atoms with E-state index in [1.807, 2.05) is 0 Å². The van der Waals surface area contributed by atoms with Gasteiger partial charge in [0.05, 0.1) is 139 Å². The first-order valence-electron chi connectivity index (χ1n) is 15.0. The third-order valence-corrected chi connectivity index (χ3v) is 5.12. The minimum absolute atomic E-state index is 0.521. The van der Waals surface area contributed by atoms with Crippen LogP contribution in [0.2, 0.25) is 0 Å². The standard InChI is InChI=1S/C28H59NO11/c1-2-3-4-5-7-30-9-11-32-13-15-34-17-19-36-21-23-38-25-27-40-28-26-39-24-22-37-20-18-35-16-14-33-12-10-31-8-6-29/h2-29H2,1H3. The van der Waals surface area contributed by atoms with Crippen molar-refractivity contribution in [3.63, 3.8) is 0 Å². The molecule has 0 aliphatic rings. The van der Waals surface area contributed by atoms with Crippen molar-refractivity contribution in [2.45, 2.75) is 32.6 Å². The van der Waals surface area contributed by atoms with Crippen LogP contribution in [0, 0.1) is 0 Å². The number of ether oxygens (including phenoxy) is 11. The first kappa shape index (κ1) is 39.5. The fourth-order valence-electron chi connectivity index (χ4n) is 3.02. The average Bonchev–Trinajstić information content (AvgIpc) is 2.97. The molecule has 0 rings (SSSR count). The van der Waals surface area contributed by atoms with Crippen LogP contribution in [-0.2, 0) is 52.1 Å². The van der Waals surface area contributed by atoms with Crippen molar-refractivity contribution in [1.29, 1.82) is 0 Å². The fourth-order valence-corrected chi connectivity index (χ4v) is 3.02. The quantitative estimate of drug-likeness (QED) is 0.107. The van der Waals surface area contributed by atoms with Crippen molar-refractivity contribution >= 4 is 0 Å². The van der Waals surface area contributed by atoms with E-state index >= 15 is 0 Å². The Hall–Kier alpha value is -0.480. The molecule has 0 aliphatic heterocycles. The van der Waals surface area contributed by atoms with E-state index in [2.05, 4.69) is 6.92 Å². The molecule has 0 bridgehead atoms. The van der Waals surface area contributed by atoms with Gasteiger partial charge in [0.15, 0.2) is 0 Å². The second-order valence-electron chi connectivity index (χ2n) is 8.59. The van der Waals surface area contributed by atoms with E-state index in [9.17, 15) is 0 Å². The SMILES string of the molecule is CCCCCCOCCOCCOCCOCCOCCOCCOCCOCCOCCOCCOCCN. The van der Waals surface area contributed by atoms with Crippen LogP contribution in [0.5, 0.6) is 0 Å². The number of hydrogen-bond acceptors (Lipinski definition) is 12. The lowest BCUT2D eigenvalue weighted by Crippen LogP contribution is -2.15. The Labute approximate surface area is 242 Å². The molecule has 0 fully saturated rings. The van der Waals surface area contributed by atoms with E-state index in [0.717, 1.165) is 13.0 Å². The van der Waals surface area contributed by atoms with Crippen LogP contribution in [0.1, 0.15) is 32.6 Å². The predicted octanol–water partition coefficient (Wildman–Crippen LogP) is 1.71. The highest BCUT2D eigenvalue weighted by Gasteiger charge is 1.96. The maximum Gasteiger partial charge on any atom is 0.0701 e. The molecule has 12 heteroatoms. The van der Waals surface area contributed by atoms with Gasteiger partial charge < -0.3 is 57.8 Å². The summed E-state index contributed by atoms with van der Waals surface area (Å²) in [6, 6.07) is 0. The summed E-state index contributed by atoms with van der Waals surface area (Å²) in [5.41, 5.74) is 5.33. The van der Waals surface area contributed by atoms with Crippen LogP contribution < -0.4 is 5.73 Å². The number of nitrogens with two attached hydrogens (primary N) is 1. The minimum atomic E-state index is 0.521. The van der Waals surface area contributed by atoms with E-state index < -0.39 is 0 Å². The van der Waals surface area contributed by atoms with Crippen molar-refractivity contribution in [3.8, 4) is 0 Å². The van der Waals surface area contributed by atoms with Gasteiger partial charge in [0.1, 0.15) is 0 Å². The molecular weight excluding hydrogens is 526 g/mol. The summed E-state index contributed by atoms with van der Waals surface area (Å²) in [6.45, 7) is 15.0. The Kier molecular flexibility index (Phi) is 38.1. The summed E-state index contributed by atoms with van der Waals surface area (Å²) < 4.78 is 59.8. The lowest BCUT2D eigenvalue weighted by molar-refractivity contribution is -0.0274. The van der Waals surface area contributed by atoms with Gasteiger partial charge in [0, 0.05) is 13.2 Å². The summed E-state index contributed by atoms with van der Waals surface area (Å²) in [5, 5.41) is 0. The number of hydrogen-bond donors (Lipinski definition) is 1. The Morgan fingerprint density at radius 3 is 0.725 bits per heavy atom. The van der Waals surface area contributed by atoms with Gasteiger partial charge in [-0.3, -0.25) is 0 Å². The summed E-state index contributed by atoms with van der Waals surface area (Å²) in [6.07, 6.45) is 4.90. The second kappa shape index (κ2) is 38.5. The molecule has 0 saturated carbocycles. The van der Waals surface area contributed by atoms with Crippen molar-refractivity contribution in [1.82, 2.24) is 0 Å². The predicted molar refractivity (Wildman–Crippen MR) is 152 cm³/mol. The molecule has 0 amide bonds. The zero-order valence-corrected chi connectivity index (χ0v) is 25.2. The van der Waals surface area contributed by atoms with Gasteiger partial charge in [-0.15, -0.1) is 0 Å². The topological polar surface area (TPSA) is 128 Å². The first-order valence-corrected chi connectivity index (χ1v) is 15.0. The summed E-state index contributed by atoms with van der Waals surface area (Å²) in [4.78, 5) is 0. The van der Waals surface area contributed by atoms with Gasteiger partial charge >= 0.3 is 0 Å². The molecule has 0 spiro atoms. The molecule has 0 aromatic heterocycles. The van der Waals surface area contributed by atoms with Crippen molar-refractivity contribution in [2.75, 3.05) is 152 Å². The van der Waals surface area contributed by atoms with Crippen LogP contribution >= 0.6 is 0 Å². The lowest BCUT2D eigenvalue weighted by atomic mass is 10.2. The zero-order chi connectivity index (χ0) is 28.9. The van der Waals surface area contributed by atoms with Crippen molar-refractivity contribution < 1.29 is 52.1 Å². The zero-order valence-electron chi connectivity index (χ0n) is 25.2. The van der Waals surface area contributed by atoms with Crippen LogP contribution in [0.15, 0.2) is 0 Å².